The summed E-state index contributed by atoms with van der Waals surface area (Å²) in [6.07, 6.45) is -0.0892. The van der Waals surface area contributed by atoms with Gasteiger partial charge < -0.3 is 10.1 Å². The second-order valence-corrected chi connectivity index (χ2v) is 4.35. The van der Waals surface area contributed by atoms with E-state index in [1.54, 1.807) is 22.6 Å². The predicted molar refractivity (Wildman–Crippen MR) is 67.8 cm³/mol. The minimum absolute atomic E-state index is 0.0892. The molecule has 0 bridgehead atoms. The van der Waals surface area contributed by atoms with E-state index >= 15 is 0 Å². The third-order valence-corrected chi connectivity index (χ3v) is 3.10. The molecule has 19 heavy (non-hydrogen) atoms. The molecular weight excluding hydrogens is 244 g/mol. The maximum atomic E-state index is 10.9. The van der Waals surface area contributed by atoms with Crippen molar-refractivity contribution in [3.63, 3.8) is 0 Å². The van der Waals surface area contributed by atoms with Crippen molar-refractivity contribution < 1.29 is 9.90 Å². The quantitative estimate of drug-likeness (QED) is 0.726. The number of imidazole rings is 2. The molecule has 0 spiro atoms. The van der Waals surface area contributed by atoms with Gasteiger partial charge in [-0.2, -0.15) is 5.26 Å². The largest absolute Gasteiger partial charge is 0.481 e. The maximum Gasteiger partial charge on any atom is 0.309 e. The highest BCUT2D eigenvalue weighted by molar-refractivity contribution is 5.82. The van der Waals surface area contributed by atoms with Crippen molar-refractivity contribution in [2.24, 2.45) is 0 Å². The molecular formula is C13H10N4O2. The lowest BCUT2D eigenvalue weighted by Crippen LogP contribution is -2.04. The molecule has 0 amide bonds. The molecule has 0 atom stereocenters. The maximum absolute atomic E-state index is 10.9. The number of aromatic nitrogens is 3. The van der Waals surface area contributed by atoms with Crippen molar-refractivity contribution in [2.45, 2.75) is 13.3 Å². The molecule has 2 aromatic heterocycles. The average molecular weight is 254 g/mol. The number of aliphatic carboxylic acids is 1. The Bertz CT molecular complexity index is 851. The Morgan fingerprint density at radius 3 is 3.05 bits per heavy atom. The normalized spacial score (nSPS) is 10.9. The monoisotopic (exact) mass is 254 g/mol. The first-order chi connectivity index (χ1) is 9.10. The van der Waals surface area contributed by atoms with Crippen molar-refractivity contribution in [3.05, 3.63) is 35.2 Å². The number of fused-ring (bicyclic) bond motifs is 3. The molecule has 3 rings (SSSR count). The van der Waals surface area contributed by atoms with Crippen molar-refractivity contribution in [1.82, 2.24) is 14.4 Å². The second-order valence-electron chi connectivity index (χ2n) is 4.35. The summed E-state index contributed by atoms with van der Waals surface area (Å²) >= 11 is 0. The van der Waals surface area contributed by atoms with Crippen molar-refractivity contribution in [3.8, 4) is 6.07 Å². The highest BCUT2D eigenvalue weighted by Gasteiger charge is 2.16. The molecule has 0 radical (unpaired) electrons. The molecule has 1 aromatic carbocycles. The van der Waals surface area contributed by atoms with Crippen LogP contribution in [-0.2, 0) is 11.2 Å². The topological polar surface area (TPSA) is 94.2 Å². The highest BCUT2D eigenvalue weighted by atomic mass is 16.4. The van der Waals surface area contributed by atoms with Gasteiger partial charge in [0.1, 0.15) is 0 Å². The number of H-pyrrole nitrogens is 1. The van der Waals surface area contributed by atoms with Crippen LogP contribution in [0.1, 0.15) is 17.0 Å². The van der Waals surface area contributed by atoms with Gasteiger partial charge >= 0.3 is 5.97 Å². The molecule has 0 aliphatic heterocycles. The number of nitrogens with zero attached hydrogens (tertiary/aromatic N) is 3. The Labute approximate surface area is 107 Å². The van der Waals surface area contributed by atoms with Gasteiger partial charge in [0.15, 0.2) is 0 Å². The summed E-state index contributed by atoms with van der Waals surface area (Å²) in [7, 11) is 0. The number of rotatable bonds is 2. The van der Waals surface area contributed by atoms with Gasteiger partial charge in [-0.25, -0.2) is 4.98 Å². The van der Waals surface area contributed by atoms with E-state index in [-0.39, 0.29) is 6.42 Å². The third-order valence-electron chi connectivity index (χ3n) is 3.10. The molecule has 0 saturated carbocycles. The number of hydrogen-bond acceptors (Lipinski definition) is 3. The number of aromatic amines is 1. The lowest BCUT2D eigenvalue weighted by Gasteiger charge is -1.99. The molecule has 6 heteroatoms. The summed E-state index contributed by atoms with van der Waals surface area (Å²) in [6.45, 7) is 1.81. The van der Waals surface area contributed by atoms with Gasteiger partial charge in [0.05, 0.1) is 34.8 Å². The number of nitrogens with one attached hydrogen (secondary N) is 1. The van der Waals surface area contributed by atoms with Crippen molar-refractivity contribution in [2.75, 3.05) is 0 Å². The number of carbonyl (C=O) groups is 1. The predicted octanol–water partition coefficient (Wildman–Crippen LogP) is 1.62. The lowest BCUT2D eigenvalue weighted by molar-refractivity contribution is -0.136. The first-order valence-electron chi connectivity index (χ1n) is 5.71. The summed E-state index contributed by atoms with van der Waals surface area (Å²) in [6, 6.07) is 7.24. The lowest BCUT2D eigenvalue weighted by atomic mass is 10.2. The smallest absolute Gasteiger partial charge is 0.309 e. The number of carboxylic acid groups (broad SMARTS) is 1. The third kappa shape index (κ3) is 1.64. The fourth-order valence-corrected chi connectivity index (χ4v) is 2.26. The van der Waals surface area contributed by atoms with E-state index in [0.717, 1.165) is 16.7 Å². The van der Waals surface area contributed by atoms with Gasteiger partial charge in [-0.15, -0.1) is 0 Å². The Morgan fingerprint density at radius 1 is 1.58 bits per heavy atom. The molecule has 0 fully saturated rings. The first kappa shape index (κ1) is 11.3. The van der Waals surface area contributed by atoms with E-state index in [1.165, 1.54) is 0 Å². The Kier molecular flexibility index (Phi) is 2.29. The molecule has 2 N–H and O–H groups in total. The number of nitriles is 1. The zero-order valence-electron chi connectivity index (χ0n) is 10.1. The zero-order valence-corrected chi connectivity index (χ0v) is 10.1. The van der Waals surface area contributed by atoms with Crippen LogP contribution in [0.3, 0.4) is 0 Å². The van der Waals surface area contributed by atoms with Gasteiger partial charge in [0.25, 0.3) is 0 Å². The number of hydrogen-bond donors (Lipinski definition) is 2. The van der Waals surface area contributed by atoms with E-state index in [9.17, 15) is 4.79 Å². The molecule has 94 valence electrons. The van der Waals surface area contributed by atoms with Crippen molar-refractivity contribution in [1.29, 1.82) is 5.26 Å². The van der Waals surface area contributed by atoms with Crippen LogP contribution in [-0.4, -0.2) is 25.4 Å². The molecule has 0 unspecified atom stereocenters. The van der Waals surface area contributed by atoms with Crippen LogP contribution in [0, 0.1) is 18.3 Å². The summed E-state index contributed by atoms with van der Waals surface area (Å²) < 4.78 is 1.76. The average Bonchev–Trinajstić information content (AvgIpc) is 2.85. The van der Waals surface area contributed by atoms with Gasteiger partial charge in [0.2, 0.25) is 5.78 Å². The molecule has 0 saturated heterocycles. The minimum Gasteiger partial charge on any atom is -0.481 e. The SMILES string of the molecule is Cc1[nH]c2nc3ccc(C#N)cc3n2c1CC(=O)O. The van der Waals surface area contributed by atoms with E-state index in [0.29, 0.717) is 17.0 Å². The Hall–Kier alpha value is -2.81. The van der Waals surface area contributed by atoms with Gasteiger partial charge in [0, 0.05) is 5.69 Å². The van der Waals surface area contributed by atoms with Gasteiger partial charge in [-0.3, -0.25) is 9.20 Å². The second kappa shape index (κ2) is 3.85. The van der Waals surface area contributed by atoms with Crippen LogP contribution < -0.4 is 0 Å². The van der Waals surface area contributed by atoms with E-state index < -0.39 is 5.97 Å². The molecule has 6 nitrogen and oxygen atoms in total. The van der Waals surface area contributed by atoms with Crippen LogP contribution in [0.25, 0.3) is 16.8 Å². The van der Waals surface area contributed by atoms with E-state index in [2.05, 4.69) is 16.0 Å². The fourth-order valence-electron chi connectivity index (χ4n) is 2.26. The number of aryl methyl sites for hydroxylation is 1. The molecule has 2 heterocycles. The van der Waals surface area contributed by atoms with Crippen LogP contribution in [0.15, 0.2) is 18.2 Å². The zero-order chi connectivity index (χ0) is 13.6. The summed E-state index contributed by atoms with van der Waals surface area (Å²) in [5.41, 5.74) is 3.43. The van der Waals surface area contributed by atoms with Crippen LogP contribution >= 0.6 is 0 Å². The fraction of sp³-hybridized carbons (Fsp3) is 0.154. The molecule has 0 aliphatic carbocycles. The van der Waals surface area contributed by atoms with Crippen LogP contribution in [0.2, 0.25) is 0 Å². The van der Waals surface area contributed by atoms with E-state index in [1.807, 2.05) is 6.92 Å². The Balaban J connectivity index is 2.39. The summed E-state index contributed by atoms with van der Waals surface area (Å²) in [4.78, 5) is 18.4. The Morgan fingerprint density at radius 2 is 2.37 bits per heavy atom. The highest BCUT2D eigenvalue weighted by Crippen LogP contribution is 2.22. The van der Waals surface area contributed by atoms with Crippen LogP contribution in [0.4, 0.5) is 0 Å². The summed E-state index contributed by atoms with van der Waals surface area (Å²) in [5, 5.41) is 17.9. The molecule has 3 aromatic rings. The van der Waals surface area contributed by atoms with Gasteiger partial charge in [-0.1, -0.05) is 0 Å². The van der Waals surface area contributed by atoms with E-state index in [4.69, 9.17) is 10.4 Å². The summed E-state index contributed by atoms with van der Waals surface area (Å²) in [5.74, 6) is -0.305. The number of benzene rings is 1. The number of carboxylic acids is 1. The first-order valence-corrected chi connectivity index (χ1v) is 5.71. The minimum atomic E-state index is -0.901. The van der Waals surface area contributed by atoms with Gasteiger partial charge in [-0.05, 0) is 25.1 Å². The molecule has 0 aliphatic rings. The van der Waals surface area contributed by atoms with Crippen LogP contribution in [0.5, 0.6) is 0 Å². The van der Waals surface area contributed by atoms with Crippen molar-refractivity contribution >= 4 is 22.8 Å². The standard InChI is InChI=1S/C13H10N4O2/c1-7-10(5-12(18)19)17-11-4-8(6-14)2-3-9(11)16-13(17)15-7/h2-4H,5H2,1H3,(H,15,16)(H,18,19).